The molecule has 0 saturated heterocycles. The van der Waals surface area contributed by atoms with Crippen molar-refractivity contribution in [3.05, 3.63) is 42.0 Å². The van der Waals surface area contributed by atoms with E-state index >= 15 is 0 Å². The Hall–Kier alpha value is -3.10. The van der Waals surface area contributed by atoms with E-state index in [-0.39, 0.29) is 22.5 Å². The summed E-state index contributed by atoms with van der Waals surface area (Å²) in [6, 6.07) is 5.14. The number of alkyl halides is 3. The number of pyridine rings is 2. The highest BCUT2D eigenvalue weighted by atomic mass is 19.4. The standard InChI is InChI=1S/C18H16F3N3O3/c1-3-13-11(10-5-4-6-22-8-10)7-12-15(27-9-18(19,20)21)14(17(25)26)24(2)16(12)23-13/h4-8H,3,9H2,1-2H3,(H,25,26). The summed E-state index contributed by atoms with van der Waals surface area (Å²) in [4.78, 5) is 20.2. The third-order valence-corrected chi connectivity index (χ3v) is 4.08. The molecule has 3 aromatic rings. The van der Waals surface area contributed by atoms with Gasteiger partial charge in [-0.1, -0.05) is 13.0 Å². The monoisotopic (exact) mass is 379 g/mol. The van der Waals surface area contributed by atoms with E-state index in [0.29, 0.717) is 17.7 Å². The zero-order valence-corrected chi connectivity index (χ0v) is 14.5. The molecule has 6 nitrogen and oxygen atoms in total. The van der Waals surface area contributed by atoms with Crippen LogP contribution in [0.3, 0.4) is 0 Å². The Kier molecular flexibility index (Phi) is 4.77. The van der Waals surface area contributed by atoms with Crippen molar-refractivity contribution in [2.24, 2.45) is 7.05 Å². The average Bonchev–Trinajstić information content (AvgIpc) is 2.90. The lowest BCUT2D eigenvalue weighted by Crippen LogP contribution is -2.20. The molecule has 0 spiro atoms. The van der Waals surface area contributed by atoms with Gasteiger partial charge in [0.25, 0.3) is 0 Å². The summed E-state index contributed by atoms with van der Waals surface area (Å²) in [7, 11) is 1.43. The van der Waals surface area contributed by atoms with Crippen LogP contribution in [0.2, 0.25) is 0 Å². The molecule has 0 unspecified atom stereocenters. The molecule has 0 saturated carbocycles. The fourth-order valence-corrected chi connectivity index (χ4v) is 2.93. The van der Waals surface area contributed by atoms with Gasteiger partial charge in [-0.2, -0.15) is 13.2 Å². The summed E-state index contributed by atoms with van der Waals surface area (Å²) in [6.07, 6.45) is -0.837. The van der Waals surface area contributed by atoms with Crippen LogP contribution in [0, 0.1) is 0 Å². The molecule has 27 heavy (non-hydrogen) atoms. The van der Waals surface area contributed by atoms with E-state index < -0.39 is 18.8 Å². The van der Waals surface area contributed by atoms with Gasteiger partial charge in [0.15, 0.2) is 18.1 Å². The van der Waals surface area contributed by atoms with Crippen LogP contribution in [0.5, 0.6) is 5.75 Å². The molecular weight excluding hydrogens is 363 g/mol. The number of nitrogens with zero attached hydrogens (tertiary/aromatic N) is 3. The zero-order valence-electron chi connectivity index (χ0n) is 14.5. The minimum absolute atomic E-state index is 0.204. The molecule has 3 heterocycles. The van der Waals surface area contributed by atoms with Gasteiger partial charge in [0.1, 0.15) is 5.65 Å². The number of carboxylic acids is 1. The van der Waals surface area contributed by atoms with Gasteiger partial charge in [-0.15, -0.1) is 0 Å². The number of ether oxygens (including phenoxy) is 1. The van der Waals surface area contributed by atoms with Crippen LogP contribution in [0.25, 0.3) is 22.2 Å². The van der Waals surface area contributed by atoms with Gasteiger partial charge >= 0.3 is 12.1 Å². The molecule has 0 aliphatic rings. The zero-order chi connectivity index (χ0) is 19.8. The summed E-state index contributed by atoms with van der Waals surface area (Å²) < 4.78 is 44.0. The Morgan fingerprint density at radius 2 is 2.11 bits per heavy atom. The molecule has 0 fully saturated rings. The fraction of sp³-hybridized carbons (Fsp3) is 0.278. The summed E-state index contributed by atoms with van der Waals surface area (Å²) in [6.45, 7) is 0.292. The first-order valence-corrected chi connectivity index (χ1v) is 8.08. The Balaban J connectivity index is 2.28. The predicted octanol–water partition coefficient (Wildman–Crippen LogP) is 3.84. The quantitative estimate of drug-likeness (QED) is 0.729. The van der Waals surface area contributed by atoms with Gasteiger partial charge in [0.05, 0.1) is 11.1 Å². The third-order valence-electron chi connectivity index (χ3n) is 4.08. The first-order chi connectivity index (χ1) is 12.7. The molecule has 3 aromatic heterocycles. The van der Waals surface area contributed by atoms with Crippen LogP contribution in [0.1, 0.15) is 23.1 Å². The van der Waals surface area contributed by atoms with Crippen molar-refractivity contribution >= 4 is 17.0 Å². The summed E-state index contributed by atoms with van der Waals surface area (Å²) in [5, 5.41) is 9.67. The maximum Gasteiger partial charge on any atom is 0.422 e. The Bertz CT molecular complexity index is 998. The highest BCUT2D eigenvalue weighted by Gasteiger charge is 2.32. The van der Waals surface area contributed by atoms with E-state index in [1.807, 2.05) is 6.92 Å². The van der Waals surface area contributed by atoms with Crippen molar-refractivity contribution in [3.8, 4) is 16.9 Å². The molecule has 0 amide bonds. The normalized spacial score (nSPS) is 11.7. The first-order valence-electron chi connectivity index (χ1n) is 8.08. The van der Waals surface area contributed by atoms with Crippen LogP contribution in [-0.4, -0.2) is 38.4 Å². The number of aromatic carboxylic acids is 1. The van der Waals surface area contributed by atoms with E-state index in [1.54, 1.807) is 30.6 Å². The number of carboxylic acid groups (broad SMARTS) is 1. The largest absolute Gasteiger partial charge is 0.481 e. The van der Waals surface area contributed by atoms with Gasteiger partial charge in [-0.05, 0) is 18.6 Å². The lowest BCUT2D eigenvalue weighted by Gasteiger charge is -2.10. The summed E-state index contributed by atoms with van der Waals surface area (Å²) >= 11 is 0. The molecule has 0 atom stereocenters. The second-order valence-electron chi connectivity index (χ2n) is 5.89. The molecule has 0 aromatic carbocycles. The molecule has 0 radical (unpaired) electrons. The topological polar surface area (TPSA) is 77.2 Å². The van der Waals surface area contributed by atoms with E-state index in [4.69, 9.17) is 4.74 Å². The number of fused-ring (bicyclic) bond motifs is 1. The van der Waals surface area contributed by atoms with E-state index in [9.17, 15) is 23.1 Å². The third kappa shape index (κ3) is 3.57. The predicted molar refractivity (Wildman–Crippen MR) is 91.8 cm³/mol. The highest BCUT2D eigenvalue weighted by Crippen LogP contribution is 2.36. The average molecular weight is 379 g/mol. The Morgan fingerprint density at radius 1 is 1.37 bits per heavy atom. The number of hydrogen-bond donors (Lipinski definition) is 1. The maximum atomic E-state index is 12.6. The van der Waals surface area contributed by atoms with Crippen molar-refractivity contribution in [1.82, 2.24) is 14.5 Å². The van der Waals surface area contributed by atoms with Gasteiger partial charge in [0, 0.05) is 30.6 Å². The number of aryl methyl sites for hydroxylation is 2. The van der Waals surface area contributed by atoms with Crippen molar-refractivity contribution in [1.29, 1.82) is 0 Å². The lowest BCUT2D eigenvalue weighted by molar-refractivity contribution is -0.153. The molecule has 1 N–H and O–H groups in total. The first kappa shape index (κ1) is 18.7. The molecular formula is C18H16F3N3O3. The van der Waals surface area contributed by atoms with E-state index in [2.05, 4.69) is 9.97 Å². The second-order valence-corrected chi connectivity index (χ2v) is 5.89. The van der Waals surface area contributed by atoms with Gasteiger partial charge in [-0.25, -0.2) is 9.78 Å². The number of rotatable bonds is 5. The van der Waals surface area contributed by atoms with Crippen LogP contribution >= 0.6 is 0 Å². The molecule has 0 bridgehead atoms. The highest BCUT2D eigenvalue weighted by molar-refractivity contribution is 6.01. The van der Waals surface area contributed by atoms with Gasteiger partial charge in [-0.3, -0.25) is 4.98 Å². The van der Waals surface area contributed by atoms with Crippen molar-refractivity contribution in [2.75, 3.05) is 6.61 Å². The molecule has 3 rings (SSSR count). The fourth-order valence-electron chi connectivity index (χ4n) is 2.93. The molecule has 0 aliphatic carbocycles. The van der Waals surface area contributed by atoms with Gasteiger partial charge in [0.2, 0.25) is 0 Å². The molecule has 9 heteroatoms. The SMILES string of the molecule is CCc1nc2c(cc1-c1cccnc1)c(OCC(F)(F)F)c(C(=O)O)n2C. The van der Waals surface area contributed by atoms with E-state index in [0.717, 1.165) is 5.56 Å². The Labute approximate surface area is 152 Å². The smallest absolute Gasteiger partial charge is 0.422 e. The maximum absolute atomic E-state index is 12.6. The van der Waals surface area contributed by atoms with E-state index in [1.165, 1.54) is 11.6 Å². The number of halogens is 3. The van der Waals surface area contributed by atoms with Crippen LogP contribution in [0.4, 0.5) is 13.2 Å². The molecule has 142 valence electrons. The number of hydrogen-bond acceptors (Lipinski definition) is 4. The van der Waals surface area contributed by atoms with Gasteiger partial charge < -0.3 is 14.4 Å². The minimum atomic E-state index is -4.60. The molecule has 0 aliphatic heterocycles. The summed E-state index contributed by atoms with van der Waals surface area (Å²) in [5.41, 5.74) is 1.93. The minimum Gasteiger partial charge on any atom is -0.481 e. The van der Waals surface area contributed by atoms with Crippen molar-refractivity contribution < 1.29 is 27.8 Å². The Morgan fingerprint density at radius 3 is 2.67 bits per heavy atom. The lowest BCUT2D eigenvalue weighted by atomic mass is 10.0. The summed E-state index contributed by atoms with van der Waals surface area (Å²) in [5.74, 6) is -1.74. The second kappa shape index (κ2) is 6.90. The van der Waals surface area contributed by atoms with Crippen molar-refractivity contribution in [3.63, 3.8) is 0 Å². The van der Waals surface area contributed by atoms with Crippen LogP contribution in [0.15, 0.2) is 30.6 Å². The van der Waals surface area contributed by atoms with Crippen LogP contribution in [-0.2, 0) is 13.5 Å². The number of carbonyl (C=O) groups is 1. The van der Waals surface area contributed by atoms with Crippen LogP contribution < -0.4 is 4.74 Å². The van der Waals surface area contributed by atoms with Crippen molar-refractivity contribution in [2.45, 2.75) is 19.5 Å². The number of aromatic nitrogens is 3.